The third kappa shape index (κ3) is 2.72. The predicted molar refractivity (Wildman–Crippen MR) is 79.5 cm³/mol. The summed E-state index contributed by atoms with van der Waals surface area (Å²) in [5.41, 5.74) is 1.73. The minimum absolute atomic E-state index is 0.210. The van der Waals surface area contributed by atoms with Crippen LogP contribution in [-0.2, 0) is 5.88 Å². The molecule has 0 aliphatic heterocycles. The number of benzene rings is 1. The van der Waals surface area contributed by atoms with Crippen molar-refractivity contribution in [3.05, 3.63) is 29.6 Å². The van der Waals surface area contributed by atoms with Gasteiger partial charge in [0.15, 0.2) is 0 Å². The average molecular weight is 285 g/mol. The maximum absolute atomic E-state index is 13.8. The lowest BCUT2D eigenvalue weighted by Gasteiger charge is -2.49. The molecule has 1 fully saturated rings. The fraction of sp³-hybridized carbons (Fsp3) is 0.600. The van der Waals surface area contributed by atoms with Gasteiger partial charge in [-0.05, 0) is 45.5 Å². The van der Waals surface area contributed by atoms with E-state index >= 15 is 0 Å². The molecule has 0 saturated heterocycles. The second-order valence-electron chi connectivity index (χ2n) is 5.70. The molecule has 1 saturated carbocycles. The van der Waals surface area contributed by atoms with Crippen LogP contribution in [0.5, 0.6) is 0 Å². The van der Waals surface area contributed by atoms with Crippen molar-refractivity contribution in [2.24, 2.45) is 0 Å². The van der Waals surface area contributed by atoms with Gasteiger partial charge in [0, 0.05) is 30.4 Å². The van der Waals surface area contributed by atoms with Gasteiger partial charge in [-0.2, -0.15) is 0 Å². The topological polar surface area (TPSA) is 6.48 Å². The van der Waals surface area contributed by atoms with Crippen LogP contribution in [0.1, 0.15) is 24.8 Å². The molecule has 106 valence electrons. The van der Waals surface area contributed by atoms with Gasteiger partial charge in [-0.3, -0.25) is 0 Å². The van der Waals surface area contributed by atoms with Crippen LogP contribution in [0, 0.1) is 5.82 Å². The quantitative estimate of drug-likeness (QED) is 0.764. The fourth-order valence-electron chi connectivity index (χ4n) is 2.90. The molecule has 0 spiro atoms. The molecule has 0 radical (unpaired) electrons. The smallest absolute Gasteiger partial charge is 0.129 e. The molecule has 1 aromatic rings. The Kier molecular flexibility index (Phi) is 4.36. The summed E-state index contributed by atoms with van der Waals surface area (Å²) < 4.78 is 13.8. The Morgan fingerprint density at radius 3 is 2.42 bits per heavy atom. The molecule has 19 heavy (non-hydrogen) atoms. The number of rotatable bonds is 5. The monoisotopic (exact) mass is 284 g/mol. The van der Waals surface area contributed by atoms with Crippen LogP contribution in [0.3, 0.4) is 0 Å². The Morgan fingerprint density at radius 2 is 1.95 bits per heavy atom. The molecule has 1 aliphatic rings. The summed E-state index contributed by atoms with van der Waals surface area (Å²) in [5, 5.41) is 0. The second-order valence-corrected chi connectivity index (χ2v) is 5.97. The van der Waals surface area contributed by atoms with E-state index in [1.54, 1.807) is 6.07 Å². The largest absolute Gasteiger partial charge is 0.372 e. The lowest BCUT2D eigenvalue weighted by Crippen LogP contribution is -2.56. The summed E-state index contributed by atoms with van der Waals surface area (Å²) in [5.74, 6) is -0.00623. The van der Waals surface area contributed by atoms with Crippen LogP contribution in [0.25, 0.3) is 0 Å². The van der Waals surface area contributed by atoms with Crippen molar-refractivity contribution < 1.29 is 4.39 Å². The summed E-state index contributed by atoms with van der Waals surface area (Å²) in [6.45, 7) is 0.910. The van der Waals surface area contributed by atoms with Crippen LogP contribution in [0.4, 0.5) is 10.1 Å². The zero-order chi connectivity index (χ0) is 14.0. The first-order valence-corrected chi connectivity index (χ1v) is 7.25. The highest BCUT2D eigenvalue weighted by Gasteiger charge is 2.40. The number of hydrogen-bond donors (Lipinski definition) is 0. The van der Waals surface area contributed by atoms with Gasteiger partial charge in [-0.15, -0.1) is 11.6 Å². The number of hydrogen-bond acceptors (Lipinski definition) is 2. The molecule has 2 rings (SSSR count). The molecule has 0 atom stereocenters. The molecule has 0 N–H and O–H groups in total. The molecule has 1 aromatic carbocycles. The van der Waals surface area contributed by atoms with Crippen molar-refractivity contribution in [2.75, 3.05) is 32.6 Å². The first-order chi connectivity index (χ1) is 9.00. The zero-order valence-corrected chi connectivity index (χ0v) is 12.7. The van der Waals surface area contributed by atoms with Crippen LogP contribution in [-0.4, -0.2) is 38.1 Å². The summed E-state index contributed by atoms with van der Waals surface area (Å²) >= 11 is 5.89. The third-order valence-corrected chi connectivity index (χ3v) is 4.67. The van der Waals surface area contributed by atoms with Gasteiger partial charge in [0.25, 0.3) is 0 Å². The number of alkyl halides is 1. The Bertz CT molecular complexity index is 444. The highest BCUT2D eigenvalue weighted by atomic mass is 35.5. The van der Waals surface area contributed by atoms with Gasteiger partial charge in [0.2, 0.25) is 0 Å². The molecular formula is C15H22ClFN2. The minimum atomic E-state index is -0.216. The van der Waals surface area contributed by atoms with Crippen LogP contribution in [0.15, 0.2) is 18.2 Å². The van der Waals surface area contributed by atoms with Gasteiger partial charge in [0.1, 0.15) is 5.82 Å². The third-order valence-electron chi connectivity index (χ3n) is 4.40. The Balaban J connectivity index is 2.20. The van der Waals surface area contributed by atoms with E-state index in [-0.39, 0.29) is 17.2 Å². The van der Waals surface area contributed by atoms with Crippen molar-refractivity contribution in [3.63, 3.8) is 0 Å². The maximum Gasteiger partial charge on any atom is 0.129 e. The van der Waals surface area contributed by atoms with Crippen molar-refractivity contribution >= 4 is 17.3 Å². The maximum atomic E-state index is 13.8. The van der Waals surface area contributed by atoms with Crippen LogP contribution in [0.2, 0.25) is 0 Å². The van der Waals surface area contributed by atoms with E-state index in [9.17, 15) is 4.39 Å². The van der Waals surface area contributed by atoms with Gasteiger partial charge >= 0.3 is 0 Å². The highest BCUT2D eigenvalue weighted by molar-refractivity contribution is 6.17. The summed E-state index contributed by atoms with van der Waals surface area (Å²) in [6, 6.07) is 5.17. The Morgan fingerprint density at radius 1 is 1.26 bits per heavy atom. The molecule has 4 heteroatoms. The van der Waals surface area contributed by atoms with E-state index < -0.39 is 0 Å². The van der Waals surface area contributed by atoms with Crippen molar-refractivity contribution in [3.8, 4) is 0 Å². The summed E-state index contributed by atoms with van der Waals surface area (Å²) in [4.78, 5) is 4.44. The SMILES string of the molecule is CN(CC1(N(C)C)CCC1)c1cccc(F)c1CCl. The summed E-state index contributed by atoms with van der Waals surface area (Å²) in [7, 11) is 6.27. The highest BCUT2D eigenvalue weighted by Crippen LogP contribution is 2.38. The molecule has 0 heterocycles. The normalized spacial score (nSPS) is 17.4. The molecule has 1 aliphatic carbocycles. The molecular weight excluding hydrogens is 263 g/mol. The fourth-order valence-corrected chi connectivity index (χ4v) is 3.16. The van der Waals surface area contributed by atoms with E-state index in [4.69, 9.17) is 11.6 Å². The first kappa shape index (κ1) is 14.6. The number of likely N-dealkylation sites (N-methyl/N-ethyl adjacent to an activating group) is 2. The second kappa shape index (κ2) is 5.68. The molecule has 2 nitrogen and oxygen atoms in total. The average Bonchev–Trinajstić information content (AvgIpc) is 2.32. The van der Waals surface area contributed by atoms with E-state index in [1.165, 1.54) is 25.3 Å². The van der Waals surface area contributed by atoms with Gasteiger partial charge in [-0.25, -0.2) is 4.39 Å². The standard InChI is InChI=1S/C15H22ClFN2/c1-18(2)15(8-5-9-15)11-19(3)14-7-4-6-13(17)12(14)10-16/h4,6-7H,5,8-11H2,1-3H3. The van der Waals surface area contributed by atoms with Crippen LogP contribution >= 0.6 is 11.6 Å². The Labute approximate surface area is 120 Å². The minimum Gasteiger partial charge on any atom is -0.372 e. The van der Waals surface area contributed by atoms with E-state index in [2.05, 4.69) is 23.9 Å². The molecule has 0 amide bonds. The lowest BCUT2D eigenvalue weighted by atomic mass is 9.75. The van der Waals surface area contributed by atoms with Crippen molar-refractivity contribution in [2.45, 2.75) is 30.7 Å². The van der Waals surface area contributed by atoms with E-state index in [0.29, 0.717) is 5.56 Å². The van der Waals surface area contributed by atoms with E-state index in [0.717, 1.165) is 12.2 Å². The number of nitrogens with zero attached hydrogens (tertiary/aromatic N) is 2. The van der Waals surface area contributed by atoms with Crippen molar-refractivity contribution in [1.82, 2.24) is 4.90 Å². The number of halogens is 2. The first-order valence-electron chi connectivity index (χ1n) is 6.72. The van der Waals surface area contributed by atoms with Crippen molar-refractivity contribution in [1.29, 1.82) is 0 Å². The predicted octanol–water partition coefficient (Wildman–Crippen LogP) is 3.49. The van der Waals surface area contributed by atoms with Gasteiger partial charge < -0.3 is 9.80 Å². The zero-order valence-electron chi connectivity index (χ0n) is 11.9. The van der Waals surface area contributed by atoms with E-state index in [1.807, 2.05) is 13.1 Å². The van der Waals surface area contributed by atoms with Gasteiger partial charge in [0.05, 0.1) is 5.88 Å². The lowest BCUT2D eigenvalue weighted by molar-refractivity contribution is 0.0683. The van der Waals surface area contributed by atoms with Gasteiger partial charge in [-0.1, -0.05) is 6.07 Å². The summed E-state index contributed by atoms with van der Waals surface area (Å²) in [6.07, 6.45) is 3.68. The Hall–Kier alpha value is -0.800. The van der Waals surface area contributed by atoms with Crippen LogP contribution < -0.4 is 4.90 Å². The number of anilines is 1. The molecule has 0 aromatic heterocycles. The molecule has 0 unspecified atom stereocenters. The molecule has 0 bridgehead atoms.